The van der Waals surface area contributed by atoms with Crippen molar-refractivity contribution in [2.45, 2.75) is 78.3 Å². The molecule has 0 aromatic carbocycles. The highest BCUT2D eigenvalue weighted by Crippen LogP contribution is 2.35. The summed E-state index contributed by atoms with van der Waals surface area (Å²) in [4.78, 5) is 4.77. The van der Waals surface area contributed by atoms with Gasteiger partial charge in [0.1, 0.15) is 0 Å². The summed E-state index contributed by atoms with van der Waals surface area (Å²) in [5, 5.41) is 7.19. The predicted molar refractivity (Wildman–Crippen MR) is 83.7 cm³/mol. The van der Waals surface area contributed by atoms with Gasteiger partial charge < -0.3 is 5.32 Å². The lowest BCUT2D eigenvalue weighted by molar-refractivity contribution is 0.166. The van der Waals surface area contributed by atoms with E-state index in [0.29, 0.717) is 11.5 Å². The number of hydrogen-bond acceptors (Lipinski definition) is 3. The minimum Gasteiger partial charge on any atom is -0.308 e. The third-order valence-electron chi connectivity index (χ3n) is 4.23. The highest BCUT2D eigenvalue weighted by atomic mass is 32.1. The van der Waals surface area contributed by atoms with Crippen LogP contribution < -0.4 is 5.32 Å². The fourth-order valence-corrected chi connectivity index (χ4v) is 3.74. The monoisotopic (exact) mass is 280 g/mol. The average Bonchev–Trinajstić information content (AvgIpc) is 2.75. The van der Waals surface area contributed by atoms with E-state index in [4.69, 9.17) is 4.98 Å². The van der Waals surface area contributed by atoms with Crippen LogP contribution in [0, 0.1) is 5.41 Å². The van der Waals surface area contributed by atoms with Crippen LogP contribution >= 0.6 is 11.3 Å². The molecule has 0 amide bonds. The number of hydrogen-bond donors (Lipinski definition) is 1. The fourth-order valence-electron chi connectivity index (χ4n) is 2.83. The van der Waals surface area contributed by atoms with E-state index in [1.165, 1.54) is 36.4 Å². The Bertz CT molecular complexity index is 415. The molecule has 1 unspecified atom stereocenters. The molecule has 19 heavy (non-hydrogen) atoms. The number of nitrogens with zero attached hydrogens (tertiary/aromatic N) is 1. The van der Waals surface area contributed by atoms with Gasteiger partial charge in [-0.2, -0.15) is 0 Å². The van der Waals surface area contributed by atoms with Crippen LogP contribution in [0.1, 0.15) is 71.0 Å². The van der Waals surface area contributed by atoms with Crippen LogP contribution in [0.25, 0.3) is 0 Å². The molecule has 0 saturated heterocycles. The molecule has 1 fully saturated rings. The molecule has 0 radical (unpaired) electrons. The van der Waals surface area contributed by atoms with Crippen molar-refractivity contribution in [3.05, 3.63) is 16.1 Å². The molecule has 1 atom stereocenters. The molecule has 2 rings (SSSR count). The Hall–Kier alpha value is -0.410. The third kappa shape index (κ3) is 3.79. The van der Waals surface area contributed by atoms with Gasteiger partial charge in [-0.25, -0.2) is 4.98 Å². The number of thiazole rings is 1. The predicted octanol–water partition coefficient (Wildman–Crippen LogP) is 4.50. The first-order valence-corrected chi connectivity index (χ1v) is 8.35. The van der Waals surface area contributed by atoms with E-state index < -0.39 is 0 Å². The van der Waals surface area contributed by atoms with Gasteiger partial charge in [-0.05, 0) is 18.3 Å². The molecule has 0 aliphatic heterocycles. The van der Waals surface area contributed by atoms with Gasteiger partial charge in [0.2, 0.25) is 0 Å². The smallest absolute Gasteiger partial charge is 0.0982 e. The zero-order valence-electron chi connectivity index (χ0n) is 13.0. The molecule has 1 aromatic heterocycles. The molecule has 3 heteroatoms. The molecule has 1 N–H and O–H groups in total. The zero-order valence-corrected chi connectivity index (χ0v) is 13.9. The number of nitrogens with one attached hydrogen (secondary N) is 1. The number of rotatable bonds is 3. The Kier molecular flexibility index (Phi) is 4.36. The van der Waals surface area contributed by atoms with E-state index in [2.05, 4.69) is 45.3 Å². The van der Waals surface area contributed by atoms with E-state index in [-0.39, 0.29) is 5.41 Å². The second-order valence-electron chi connectivity index (χ2n) is 7.56. The van der Waals surface area contributed by atoms with Crippen LogP contribution in [0.2, 0.25) is 0 Å². The summed E-state index contributed by atoms with van der Waals surface area (Å²) in [6.07, 6.45) is 5.40. The Morgan fingerprint density at radius 1 is 1.37 bits per heavy atom. The van der Waals surface area contributed by atoms with Crippen LogP contribution in [0.4, 0.5) is 0 Å². The molecular formula is C16H28N2S. The van der Waals surface area contributed by atoms with Gasteiger partial charge in [-0.1, -0.05) is 47.5 Å². The summed E-state index contributed by atoms with van der Waals surface area (Å²) in [5.74, 6) is 0. The topological polar surface area (TPSA) is 24.9 Å². The summed E-state index contributed by atoms with van der Waals surface area (Å²) in [6, 6.07) is 0.640. The fraction of sp³-hybridized carbons (Fsp3) is 0.812. The van der Waals surface area contributed by atoms with Gasteiger partial charge >= 0.3 is 0 Å². The molecule has 2 nitrogen and oxygen atoms in total. The summed E-state index contributed by atoms with van der Waals surface area (Å²) < 4.78 is 0. The van der Waals surface area contributed by atoms with Crippen molar-refractivity contribution in [1.82, 2.24) is 10.3 Å². The van der Waals surface area contributed by atoms with E-state index in [1.54, 1.807) is 11.3 Å². The molecule has 1 heterocycles. The molecule has 0 spiro atoms. The highest BCUT2D eigenvalue weighted by Gasteiger charge is 2.31. The Balaban J connectivity index is 1.93. The van der Waals surface area contributed by atoms with Crippen LogP contribution in [-0.2, 0) is 12.0 Å². The van der Waals surface area contributed by atoms with Crippen molar-refractivity contribution in [3.8, 4) is 0 Å². The normalized spacial score (nSPS) is 23.5. The maximum atomic E-state index is 4.77. The average molecular weight is 280 g/mol. The first kappa shape index (κ1) is 15.0. The van der Waals surface area contributed by atoms with Crippen LogP contribution in [-0.4, -0.2) is 11.0 Å². The van der Waals surface area contributed by atoms with E-state index in [1.807, 2.05) is 0 Å². The molecule has 0 bridgehead atoms. The Labute approximate surface area is 122 Å². The summed E-state index contributed by atoms with van der Waals surface area (Å²) in [7, 11) is 0. The van der Waals surface area contributed by atoms with Crippen molar-refractivity contribution in [2.24, 2.45) is 5.41 Å². The lowest BCUT2D eigenvalue weighted by atomic mass is 9.73. The van der Waals surface area contributed by atoms with Gasteiger partial charge in [0.25, 0.3) is 0 Å². The van der Waals surface area contributed by atoms with Gasteiger partial charge in [0.15, 0.2) is 0 Å². The van der Waals surface area contributed by atoms with Gasteiger partial charge in [0, 0.05) is 23.4 Å². The second-order valence-corrected chi connectivity index (χ2v) is 8.42. The van der Waals surface area contributed by atoms with Crippen molar-refractivity contribution in [1.29, 1.82) is 0 Å². The molecule has 108 valence electrons. The molecular weight excluding hydrogens is 252 g/mol. The van der Waals surface area contributed by atoms with Crippen LogP contribution in [0.3, 0.4) is 0 Å². The summed E-state index contributed by atoms with van der Waals surface area (Å²) >= 11 is 1.79. The van der Waals surface area contributed by atoms with Crippen molar-refractivity contribution in [3.63, 3.8) is 0 Å². The Morgan fingerprint density at radius 2 is 2.11 bits per heavy atom. The molecule has 1 aromatic rings. The molecule has 1 aliphatic rings. The SMILES string of the molecule is CC(C)(C)c1nc(CNC2CCCCC2(C)C)cs1. The van der Waals surface area contributed by atoms with E-state index in [9.17, 15) is 0 Å². The van der Waals surface area contributed by atoms with Crippen LogP contribution in [0.15, 0.2) is 5.38 Å². The first-order valence-electron chi connectivity index (χ1n) is 7.47. The number of aromatic nitrogens is 1. The standard InChI is InChI=1S/C16H28N2S/c1-15(2,3)14-18-12(11-19-14)10-17-13-8-6-7-9-16(13,4)5/h11,13,17H,6-10H2,1-5H3. The maximum Gasteiger partial charge on any atom is 0.0982 e. The molecule has 1 saturated carbocycles. The summed E-state index contributed by atoms with van der Waals surface area (Å²) in [5.41, 5.74) is 1.81. The second kappa shape index (κ2) is 5.53. The van der Waals surface area contributed by atoms with Crippen LogP contribution in [0.5, 0.6) is 0 Å². The minimum absolute atomic E-state index is 0.174. The van der Waals surface area contributed by atoms with Gasteiger partial charge in [0.05, 0.1) is 10.7 Å². The Morgan fingerprint density at radius 3 is 2.68 bits per heavy atom. The van der Waals surface area contributed by atoms with Gasteiger partial charge in [-0.3, -0.25) is 0 Å². The summed E-state index contributed by atoms with van der Waals surface area (Å²) in [6.45, 7) is 12.4. The third-order valence-corrected chi connectivity index (χ3v) is 5.55. The lowest BCUT2D eigenvalue weighted by Gasteiger charge is -2.39. The quantitative estimate of drug-likeness (QED) is 0.882. The van der Waals surface area contributed by atoms with Gasteiger partial charge in [-0.15, -0.1) is 11.3 Å². The highest BCUT2D eigenvalue weighted by molar-refractivity contribution is 7.09. The lowest BCUT2D eigenvalue weighted by Crippen LogP contribution is -2.43. The maximum absolute atomic E-state index is 4.77. The molecule has 1 aliphatic carbocycles. The largest absolute Gasteiger partial charge is 0.308 e. The van der Waals surface area contributed by atoms with Crippen molar-refractivity contribution < 1.29 is 0 Å². The van der Waals surface area contributed by atoms with Crippen molar-refractivity contribution in [2.75, 3.05) is 0 Å². The minimum atomic E-state index is 0.174. The van der Waals surface area contributed by atoms with Crippen molar-refractivity contribution >= 4 is 11.3 Å². The zero-order chi connectivity index (χ0) is 14.1. The van der Waals surface area contributed by atoms with E-state index in [0.717, 1.165) is 6.54 Å². The first-order chi connectivity index (χ1) is 8.79. The van der Waals surface area contributed by atoms with E-state index >= 15 is 0 Å².